The Kier molecular flexibility index (Phi) is 7.87. The molecule has 102 valence electrons. The molecule has 2 heteroatoms. The molecule has 1 N–H and O–H groups in total. The summed E-state index contributed by atoms with van der Waals surface area (Å²) >= 11 is 0. The van der Waals surface area contributed by atoms with Crippen LogP contribution >= 0.6 is 0 Å². The normalized spacial score (nSPS) is 19.8. The van der Waals surface area contributed by atoms with Crippen LogP contribution in [0.3, 0.4) is 0 Å². The zero-order valence-electron chi connectivity index (χ0n) is 12.2. The maximum absolute atomic E-state index is 3.78. The van der Waals surface area contributed by atoms with Crippen molar-refractivity contribution in [1.82, 2.24) is 10.2 Å². The van der Waals surface area contributed by atoms with Crippen molar-refractivity contribution in [2.45, 2.75) is 77.8 Å². The van der Waals surface area contributed by atoms with Crippen molar-refractivity contribution in [3.8, 4) is 0 Å². The number of hydrogen-bond donors (Lipinski definition) is 1. The Morgan fingerprint density at radius 2 is 1.65 bits per heavy atom. The van der Waals surface area contributed by atoms with Crippen LogP contribution in [0.2, 0.25) is 0 Å². The highest BCUT2D eigenvalue weighted by molar-refractivity contribution is 4.76. The van der Waals surface area contributed by atoms with Crippen molar-refractivity contribution < 1.29 is 0 Å². The van der Waals surface area contributed by atoms with E-state index in [-0.39, 0.29) is 0 Å². The molecule has 0 radical (unpaired) electrons. The molecule has 1 unspecified atom stereocenters. The second-order valence-corrected chi connectivity index (χ2v) is 5.63. The SMILES string of the molecule is CCCN(CCC)C(C)CNC1CCCCC1. The van der Waals surface area contributed by atoms with Gasteiger partial charge in [0.2, 0.25) is 0 Å². The summed E-state index contributed by atoms with van der Waals surface area (Å²) in [7, 11) is 0. The van der Waals surface area contributed by atoms with Gasteiger partial charge in [-0.3, -0.25) is 4.90 Å². The Morgan fingerprint density at radius 1 is 1.06 bits per heavy atom. The monoisotopic (exact) mass is 240 g/mol. The Bertz CT molecular complexity index is 170. The van der Waals surface area contributed by atoms with Crippen molar-refractivity contribution in [1.29, 1.82) is 0 Å². The highest BCUT2D eigenvalue weighted by Crippen LogP contribution is 2.17. The third-order valence-electron chi connectivity index (χ3n) is 3.95. The van der Waals surface area contributed by atoms with E-state index in [2.05, 4.69) is 31.0 Å². The summed E-state index contributed by atoms with van der Waals surface area (Å²) in [4.78, 5) is 2.63. The number of nitrogens with zero attached hydrogens (tertiary/aromatic N) is 1. The predicted octanol–water partition coefficient (Wildman–Crippen LogP) is 3.42. The Balaban J connectivity index is 2.22. The summed E-state index contributed by atoms with van der Waals surface area (Å²) in [6, 6.07) is 1.49. The molecule has 0 saturated heterocycles. The maximum Gasteiger partial charge on any atom is 0.0192 e. The lowest BCUT2D eigenvalue weighted by molar-refractivity contribution is 0.196. The molecule has 0 spiro atoms. The fraction of sp³-hybridized carbons (Fsp3) is 1.00. The molecular weight excluding hydrogens is 208 g/mol. The van der Waals surface area contributed by atoms with Crippen molar-refractivity contribution in [3.63, 3.8) is 0 Å². The lowest BCUT2D eigenvalue weighted by Crippen LogP contribution is -2.44. The molecule has 0 aliphatic heterocycles. The molecule has 17 heavy (non-hydrogen) atoms. The zero-order chi connectivity index (χ0) is 12.5. The van der Waals surface area contributed by atoms with Crippen LogP contribution in [0.1, 0.15) is 65.7 Å². The molecule has 1 aliphatic rings. The third-order valence-corrected chi connectivity index (χ3v) is 3.95. The van der Waals surface area contributed by atoms with Crippen molar-refractivity contribution >= 4 is 0 Å². The number of nitrogens with one attached hydrogen (secondary N) is 1. The van der Waals surface area contributed by atoms with Gasteiger partial charge in [0.05, 0.1) is 0 Å². The summed E-state index contributed by atoms with van der Waals surface area (Å²) in [5.41, 5.74) is 0. The minimum absolute atomic E-state index is 0.692. The molecule has 0 aromatic rings. The molecule has 1 aliphatic carbocycles. The van der Waals surface area contributed by atoms with E-state index in [0.29, 0.717) is 6.04 Å². The first-order chi connectivity index (χ1) is 8.27. The quantitative estimate of drug-likeness (QED) is 0.699. The topological polar surface area (TPSA) is 15.3 Å². The second kappa shape index (κ2) is 8.93. The minimum atomic E-state index is 0.692. The smallest absolute Gasteiger partial charge is 0.0192 e. The van der Waals surface area contributed by atoms with Gasteiger partial charge in [0.25, 0.3) is 0 Å². The second-order valence-electron chi connectivity index (χ2n) is 5.63. The van der Waals surface area contributed by atoms with Crippen molar-refractivity contribution in [2.75, 3.05) is 19.6 Å². The van der Waals surface area contributed by atoms with E-state index in [1.807, 2.05) is 0 Å². The van der Waals surface area contributed by atoms with Crippen LogP contribution in [0, 0.1) is 0 Å². The van der Waals surface area contributed by atoms with E-state index in [1.54, 1.807) is 0 Å². The molecule has 0 aromatic heterocycles. The summed E-state index contributed by atoms with van der Waals surface area (Å²) in [5.74, 6) is 0. The average Bonchev–Trinajstić information content (AvgIpc) is 2.37. The van der Waals surface area contributed by atoms with Crippen molar-refractivity contribution in [3.05, 3.63) is 0 Å². The lowest BCUT2D eigenvalue weighted by Gasteiger charge is -2.31. The largest absolute Gasteiger partial charge is 0.312 e. The van der Waals surface area contributed by atoms with Gasteiger partial charge in [0.1, 0.15) is 0 Å². The molecule has 1 atom stereocenters. The molecule has 0 amide bonds. The molecule has 0 heterocycles. The van der Waals surface area contributed by atoms with Gasteiger partial charge in [-0.15, -0.1) is 0 Å². The van der Waals surface area contributed by atoms with Crippen LogP contribution in [0.25, 0.3) is 0 Å². The van der Waals surface area contributed by atoms with Gasteiger partial charge in [0, 0.05) is 18.6 Å². The van der Waals surface area contributed by atoms with E-state index in [9.17, 15) is 0 Å². The van der Waals surface area contributed by atoms with Gasteiger partial charge < -0.3 is 5.32 Å². The summed E-state index contributed by atoms with van der Waals surface area (Å²) in [6.45, 7) is 10.6. The van der Waals surface area contributed by atoms with Gasteiger partial charge in [-0.05, 0) is 45.7 Å². The fourth-order valence-electron chi connectivity index (χ4n) is 2.90. The minimum Gasteiger partial charge on any atom is -0.312 e. The highest BCUT2D eigenvalue weighted by atomic mass is 15.2. The van der Waals surface area contributed by atoms with Gasteiger partial charge in [-0.25, -0.2) is 0 Å². The van der Waals surface area contributed by atoms with Crippen LogP contribution in [0.4, 0.5) is 0 Å². The highest BCUT2D eigenvalue weighted by Gasteiger charge is 2.16. The summed E-state index contributed by atoms with van der Waals surface area (Å²) in [6.07, 6.45) is 9.65. The average molecular weight is 240 g/mol. The number of hydrogen-bond acceptors (Lipinski definition) is 2. The van der Waals surface area contributed by atoms with Crippen LogP contribution in [-0.2, 0) is 0 Å². The fourth-order valence-corrected chi connectivity index (χ4v) is 2.90. The molecule has 1 saturated carbocycles. The Labute approximate surface area is 108 Å². The van der Waals surface area contributed by atoms with Gasteiger partial charge in [-0.2, -0.15) is 0 Å². The van der Waals surface area contributed by atoms with E-state index >= 15 is 0 Å². The van der Waals surface area contributed by atoms with Crippen LogP contribution in [0.5, 0.6) is 0 Å². The summed E-state index contributed by atoms with van der Waals surface area (Å²) < 4.78 is 0. The van der Waals surface area contributed by atoms with E-state index < -0.39 is 0 Å². The predicted molar refractivity (Wildman–Crippen MR) is 76.5 cm³/mol. The first kappa shape index (κ1) is 15.0. The standard InChI is InChI=1S/C15H32N2/c1-4-11-17(12-5-2)14(3)13-16-15-9-7-6-8-10-15/h14-16H,4-13H2,1-3H3. The van der Waals surface area contributed by atoms with Crippen LogP contribution in [-0.4, -0.2) is 36.6 Å². The Hall–Kier alpha value is -0.0800. The van der Waals surface area contributed by atoms with Crippen LogP contribution in [0.15, 0.2) is 0 Å². The van der Waals surface area contributed by atoms with E-state index in [4.69, 9.17) is 0 Å². The molecule has 0 bridgehead atoms. The maximum atomic E-state index is 3.78. The molecule has 0 aromatic carbocycles. The van der Waals surface area contributed by atoms with E-state index in [1.165, 1.54) is 64.6 Å². The van der Waals surface area contributed by atoms with Crippen molar-refractivity contribution in [2.24, 2.45) is 0 Å². The zero-order valence-corrected chi connectivity index (χ0v) is 12.2. The molecular formula is C15H32N2. The molecule has 1 fully saturated rings. The first-order valence-corrected chi connectivity index (χ1v) is 7.75. The van der Waals surface area contributed by atoms with Gasteiger partial charge in [0.15, 0.2) is 0 Å². The first-order valence-electron chi connectivity index (χ1n) is 7.75. The van der Waals surface area contributed by atoms with Gasteiger partial charge >= 0.3 is 0 Å². The molecule has 1 rings (SSSR count). The summed E-state index contributed by atoms with van der Waals surface area (Å²) in [5, 5.41) is 3.78. The third kappa shape index (κ3) is 5.87. The van der Waals surface area contributed by atoms with E-state index in [0.717, 1.165) is 6.04 Å². The lowest BCUT2D eigenvalue weighted by atomic mass is 9.95. The number of rotatable bonds is 8. The van der Waals surface area contributed by atoms with Crippen LogP contribution < -0.4 is 5.32 Å². The Morgan fingerprint density at radius 3 is 2.18 bits per heavy atom. The van der Waals surface area contributed by atoms with Gasteiger partial charge in [-0.1, -0.05) is 33.1 Å². The molecule has 2 nitrogen and oxygen atoms in total.